The van der Waals surface area contributed by atoms with Gasteiger partial charge in [-0.2, -0.15) is 5.10 Å². The molecule has 10 heteroatoms. The molecule has 0 aliphatic rings. The molecule has 2 aromatic heterocycles. The van der Waals surface area contributed by atoms with Crippen LogP contribution >= 0.6 is 0 Å². The first-order chi connectivity index (χ1) is 15.2. The Labute approximate surface area is 183 Å². The number of carbonyl (C=O) groups is 1. The number of sulfonamides is 1. The second-order valence-corrected chi connectivity index (χ2v) is 9.19. The molecule has 0 aliphatic heterocycles. The van der Waals surface area contributed by atoms with Gasteiger partial charge in [-0.3, -0.25) is 9.78 Å². The summed E-state index contributed by atoms with van der Waals surface area (Å²) in [5, 5.41) is 12.1. The molecule has 0 aliphatic carbocycles. The molecule has 0 saturated carbocycles. The molecule has 4 rings (SSSR count). The van der Waals surface area contributed by atoms with E-state index in [9.17, 15) is 17.6 Å². The zero-order chi connectivity index (χ0) is 22.9. The number of pyridine rings is 1. The second kappa shape index (κ2) is 8.48. The van der Waals surface area contributed by atoms with E-state index in [2.05, 4.69) is 15.4 Å². The number of halogens is 1. The summed E-state index contributed by atoms with van der Waals surface area (Å²) in [6, 6.07) is 12.7. The average Bonchev–Trinajstić information content (AvgIpc) is 3.21. The molecular formula is C22H20FN5O3S. The average molecular weight is 453 g/mol. The topological polar surface area (TPSA) is 120 Å². The van der Waals surface area contributed by atoms with E-state index in [-0.39, 0.29) is 18.3 Å². The number of carbonyl (C=O) groups excluding carboxylic acids is 1. The Balaban J connectivity index is 1.52. The maximum Gasteiger partial charge on any atom is 0.253 e. The van der Waals surface area contributed by atoms with Crippen molar-refractivity contribution >= 4 is 26.8 Å². The molecule has 0 radical (unpaired) electrons. The molecule has 1 atom stereocenters. The molecule has 0 spiro atoms. The van der Waals surface area contributed by atoms with Gasteiger partial charge in [0, 0.05) is 18.1 Å². The van der Waals surface area contributed by atoms with Crippen LogP contribution in [0, 0.1) is 5.82 Å². The van der Waals surface area contributed by atoms with Gasteiger partial charge in [-0.1, -0.05) is 24.3 Å². The van der Waals surface area contributed by atoms with Crippen LogP contribution in [0.15, 0.2) is 67.1 Å². The number of nitrogens with two attached hydrogens (primary N) is 1. The number of hydrogen-bond donors (Lipinski definition) is 2. The third-order valence-electron chi connectivity index (χ3n) is 5.21. The fourth-order valence-electron chi connectivity index (χ4n) is 3.28. The summed E-state index contributed by atoms with van der Waals surface area (Å²) in [4.78, 5) is 16.9. The number of fused-ring (bicyclic) bond motifs is 1. The van der Waals surface area contributed by atoms with Crippen molar-refractivity contribution in [3.63, 3.8) is 0 Å². The van der Waals surface area contributed by atoms with E-state index in [0.29, 0.717) is 27.7 Å². The molecule has 1 unspecified atom stereocenters. The SMILES string of the molecule is CC(c1ccc(CNC(=O)c2cncc3c2cnn3-c2ccc(F)cc2)cc1)S(N)(=O)=O. The van der Waals surface area contributed by atoms with Crippen molar-refractivity contribution < 1.29 is 17.6 Å². The number of nitrogens with zero attached hydrogens (tertiary/aromatic N) is 3. The van der Waals surface area contributed by atoms with E-state index in [4.69, 9.17) is 5.14 Å². The predicted molar refractivity (Wildman–Crippen MR) is 118 cm³/mol. The largest absolute Gasteiger partial charge is 0.348 e. The molecule has 0 saturated heterocycles. The van der Waals surface area contributed by atoms with E-state index >= 15 is 0 Å². The first-order valence-corrected chi connectivity index (χ1v) is 11.3. The summed E-state index contributed by atoms with van der Waals surface area (Å²) >= 11 is 0. The van der Waals surface area contributed by atoms with Crippen molar-refractivity contribution in [2.24, 2.45) is 5.14 Å². The summed E-state index contributed by atoms with van der Waals surface area (Å²) in [6.45, 7) is 1.76. The third kappa shape index (κ3) is 4.36. The fourth-order valence-corrected chi connectivity index (χ4v) is 3.82. The molecule has 2 aromatic carbocycles. The van der Waals surface area contributed by atoms with E-state index in [1.807, 2.05) is 0 Å². The summed E-state index contributed by atoms with van der Waals surface area (Å²) in [5.41, 5.74) is 2.99. The first kappa shape index (κ1) is 21.6. The van der Waals surface area contributed by atoms with Crippen LogP contribution in [0.25, 0.3) is 16.6 Å². The van der Waals surface area contributed by atoms with Crippen molar-refractivity contribution in [2.75, 3.05) is 0 Å². The van der Waals surface area contributed by atoms with Gasteiger partial charge in [-0.15, -0.1) is 0 Å². The highest BCUT2D eigenvalue weighted by atomic mass is 32.2. The van der Waals surface area contributed by atoms with Gasteiger partial charge in [-0.25, -0.2) is 22.6 Å². The van der Waals surface area contributed by atoms with Crippen molar-refractivity contribution in [2.45, 2.75) is 18.7 Å². The summed E-state index contributed by atoms with van der Waals surface area (Å²) in [6.07, 6.45) is 4.62. The number of benzene rings is 2. The number of hydrogen-bond acceptors (Lipinski definition) is 5. The highest BCUT2D eigenvalue weighted by Gasteiger charge is 2.18. The van der Waals surface area contributed by atoms with Gasteiger partial charge in [0.2, 0.25) is 10.0 Å². The standard InChI is InChI=1S/C22H20FN5O3S/c1-14(32(24,30)31)16-4-2-15(3-5-16)10-26-22(29)20-11-25-13-21-19(20)12-27-28(21)18-8-6-17(23)7-9-18/h2-9,11-14H,10H2,1H3,(H,26,29)(H2,24,30,31). The summed E-state index contributed by atoms with van der Waals surface area (Å²) < 4.78 is 37.8. The quantitative estimate of drug-likeness (QED) is 0.465. The Bertz CT molecular complexity index is 1380. The second-order valence-electron chi connectivity index (χ2n) is 7.31. The van der Waals surface area contributed by atoms with Crippen molar-refractivity contribution in [3.8, 4) is 5.69 Å². The predicted octanol–water partition coefficient (Wildman–Crippen LogP) is 2.84. The Morgan fingerprint density at radius 1 is 1.09 bits per heavy atom. The minimum Gasteiger partial charge on any atom is -0.348 e. The lowest BCUT2D eigenvalue weighted by molar-refractivity contribution is 0.0952. The van der Waals surface area contributed by atoms with Crippen LogP contribution in [0.2, 0.25) is 0 Å². The number of nitrogens with one attached hydrogen (secondary N) is 1. The molecule has 0 bridgehead atoms. The lowest BCUT2D eigenvalue weighted by Crippen LogP contribution is -2.23. The number of rotatable bonds is 6. The molecule has 1 amide bonds. The zero-order valence-electron chi connectivity index (χ0n) is 17.1. The van der Waals surface area contributed by atoms with Crippen molar-refractivity contribution in [3.05, 3.63) is 89.6 Å². The lowest BCUT2D eigenvalue weighted by Gasteiger charge is -2.11. The summed E-state index contributed by atoms with van der Waals surface area (Å²) in [7, 11) is -3.67. The summed E-state index contributed by atoms with van der Waals surface area (Å²) in [5.74, 6) is -0.681. The number of primary sulfonamides is 1. The first-order valence-electron chi connectivity index (χ1n) is 9.70. The van der Waals surface area contributed by atoms with Gasteiger partial charge in [0.15, 0.2) is 0 Å². The van der Waals surface area contributed by atoms with Gasteiger partial charge in [0.05, 0.1) is 34.4 Å². The Morgan fingerprint density at radius 2 is 1.78 bits per heavy atom. The Morgan fingerprint density at radius 3 is 2.44 bits per heavy atom. The maximum atomic E-state index is 13.2. The number of aromatic nitrogens is 3. The minimum absolute atomic E-state index is 0.241. The highest BCUT2D eigenvalue weighted by molar-refractivity contribution is 7.89. The van der Waals surface area contributed by atoms with E-state index in [1.165, 1.54) is 25.3 Å². The molecular weight excluding hydrogens is 433 g/mol. The van der Waals surface area contributed by atoms with Gasteiger partial charge >= 0.3 is 0 Å². The van der Waals surface area contributed by atoms with Gasteiger partial charge in [0.25, 0.3) is 5.91 Å². The monoisotopic (exact) mass is 453 g/mol. The highest BCUT2D eigenvalue weighted by Crippen LogP contribution is 2.22. The van der Waals surface area contributed by atoms with E-state index in [1.54, 1.807) is 53.5 Å². The van der Waals surface area contributed by atoms with Gasteiger partial charge in [0.1, 0.15) is 5.82 Å². The van der Waals surface area contributed by atoms with Gasteiger partial charge in [-0.05, 0) is 42.3 Å². The van der Waals surface area contributed by atoms with Crippen LogP contribution in [0.4, 0.5) is 4.39 Å². The Kier molecular flexibility index (Phi) is 5.72. The van der Waals surface area contributed by atoms with Crippen LogP contribution in [0.1, 0.15) is 33.7 Å². The molecule has 32 heavy (non-hydrogen) atoms. The molecule has 0 fully saturated rings. The molecule has 2 heterocycles. The number of amides is 1. The molecule has 3 N–H and O–H groups in total. The van der Waals surface area contributed by atoms with Crippen LogP contribution in [-0.4, -0.2) is 29.1 Å². The van der Waals surface area contributed by atoms with Crippen LogP contribution in [0.3, 0.4) is 0 Å². The third-order valence-corrected chi connectivity index (χ3v) is 6.47. The van der Waals surface area contributed by atoms with Crippen molar-refractivity contribution in [1.82, 2.24) is 20.1 Å². The van der Waals surface area contributed by atoms with Crippen LogP contribution < -0.4 is 10.5 Å². The molecule has 4 aromatic rings. The molecule has 164 valence electrons. The minimum atomic E-state index is -3.67. The van der Waals surface area contributed by atoms with Gasteiger partial charge < -0.3 is 5.32 Å². The lowest BCUT2D eigenvalue weighted by atomic mass is 10.1. The molecule has 8 nitrogen and oxygen atoms in total. The van der Waals surface area contributed by atoms with Crippen LogP contribution in [-0.2, 0) is 16.6 Å². The fraction of sp³-hybridized carbons (Fsp3) is 0.136. The zero-order valence-corrected chi connectivity index (χ0v) is 17.9. The Hall–Kier alpha value is -3.63. The maximum absolute atomic E-state index is 13.2. The van der Waals surface area contributed by atoms with E-state index < -0.39 is 15.3 Å². The van der Waals surface area contributed by atoms with Crippen LogP contribution in [0.5, 0.6) is 0 Å². The van der Waals surface area contributed by atoms with E-state index in [0.717, 1.165) is 5.56 Å². The normalized spacial score (nSPS) is 12.6. The van der Waals surface area contributed by atoms with Crippen molar-refractivity contribution in [1.29, 1.82) is 0 Å². The smallest absolute Gasteiger partial charge is 0.253 e.